The van der Waals surface area contributed by atoms with E-state index in [1.165, 1.54) is 36.4 Å². The summed E-state index contributed by atoms with van der Waals surface area (Å²) in [6, 6.07) is 19.3. The molecule has 2 aromatic carbocycles. The number of anilines is 2. The first-order valence-electron chi connectivity index (χ1n) is 21.1. The summed E-state index contributed by atoms with van der Waals surface area (Å²) in [5.74, 6) is -0.444. The van der Waals surface area contributed by atoms with Gasteiger partial charge in [0.1, 0.15) is 11.6 Å². The number of carbonyl (C=O) groups is 2. The van der Waals surface area contributed by atoms with Gasteiger partial charge >= 0.3 is 0 Å². The summed E-state index contributed by atoms with van der Waals surface area (Å²) in [7, 11) is 3.16. The molecule has 20 heteroatoms. The zero-order chi connectivity index (χ0) is 46.2. The van der Waals surface area contributed by atoms with Crippen molar-refractivity contribution in [1.29, 1.82) is 10.5 Å². The maximum Gasteiger partial charge on any atom is 0.255 e. The van der Waals surface area contributed by atoms with Gasteiger partial charge in [0.15, 0.2) is 11.6 Å². The minimum absolute atomic E-state index is 0.0838. The van der Waals surface area contributed by atoms with Crippen molar-refractivity contribution in [3.63, 3.8) is 0 Å². The maximum atomic E-state index is 14.7. The summed E-state index contributed by atoms with van der Waals surface area (Å²) in [6.45, 7) is 2.47. The van der Waals surface area contributed by atoms with E-state index in [0.29, 0.717) is 84.5 Å². The number of β-amino-alcohol motifs (C(OH)–C–C–N with tert-alkyl or cyclic N) is 2. The standard InChI is InChI=1S/2C23H21FN6O3/c2*1-33-19-5-7-29(12-18(19)31)20-6-8-30(28-20)17-9-15(27-16-11-26-23(32)22(16)17)21-13(10-25)3-2-4-14(21)24/h2*2-4,6,8-9,18-19,31H,5,7,11-12H2,1H3,(H,26,32)/t2*18-,19-/m10/s1. The van der Waals surface area contributed by atoms with E-state index in [9.17, 15) is 39.1 Å². The number of carbonyl (C=O) groups excluding carboxylic acids is 2. The van der Waals surface area contributed by atoms with Crippen LogP contribution in [0.1, 0.15) is 56.1 Å². The van der Waals surface area contributed by atoms with Crippen LogP contribution in [0.25, 0.3) is 33.9 Å². The van der Waals surface area contributed by atoms with E-state index in [0.717, 1.165) is 0 Å². The lowest BCUT2D eigenvalue weighted by Gasteiger charge is -2.35. The SMILES string of the molecule is CO[C@@H]1CCN(c2ccn(-c3cc(-c4c(F)cccc4C#N)nc4c3C(=O)NC4)n2)C[C@H]1O.CO[C@H]1CCN(c2ccn(-c3cc(-c4c(F)cccc4C#N)nc4c3C(=O)NC4)n2)C[C@@H]1O. The molecular formula is C46H42F2N12O6. The highest BCUT2D eigenvalue weighted by molar-refractivity contribution is 6.02. The van der Waals surface area contributed by atoms with E-state index >= 15 is 0 Å². The van der Waals surface area contributed by atoms with Gasteiger partial charge in [-0.2, -0.15) is 20.7 Å². The molecular weight excluding hydrogens is 855 g/mol. The molecule has 0 spiro atoms. The van der Waals surface area contributed by atoms with E-state index in [1.54, 1.807) is 60.2 Å². The molecule has 4 N–H and O–H groups in total. The highest BCUT2D eigenvalue weighted by Gasteiger charge is 2.33. The number of aliphatic hydroxyl groups excluding tert-OH is 2. The number of nitriles is 2. The Balaban J connectivity index is 0.000000166. The number of hydrogen-bond donors (Lipinski definition) is 4. The molecule has 2 amide bonds. The molecule has 0 unspecified atom stereocenters. The van der Waals surface area contributed by atoms with Crippen LogP contribution in [0.4, 0.5) is 20.4 Å². The molecule has 4 atom stereocenters. The number of aliphatic hydroxyl groups is 2. The van der Waals surface area contributed by atoms with Crippen molar-refractivity contribution in [2.24, 2.45) is 0 Å². The van der Waals surface area contributed by atoms with E-state index < -0.39 is 23.8 Å². The Morgan fingerprint density at radius 1 is 0.667 bits per heavy atom. The fourth-order valence-corrected chi connectivity index (χ4v) is 8.81. The maximum absolute atomic E-state index is 14.7. The van der Waals surface area contributed by atoms with Crippen LogP contribution in [-0.4, -0.2) is 116 Å². The van der Waals surface area contributed by atoms with Gasteiger partial charge in [0.25, 0.3) is 11.8 Å². The summed E-state index contributed by atoms with van der Waals surface area (Å²) in [5, 5.41) is 54.3. The number of rotatable bonds is 8. The molecule has 4 aromatic heterocycles. The highest BCUT2D eigenvalue weighted by Crippen LogP contribution is 2.34. The molecule has 0 radical (unpaired) electrons. The third-order valence-electron chi connectivity index (χ3n) is 12.2. The minimum atomic E-state index is -0.637. The molecule has 0 aliphatic carbocycles. The van der Waals surface area contributed by atoms with Crippen LogP contribution in [-0.2, 0) is 22.6 Å². The van der Waals surface area contributed by atoms with Gasteiger partial charge in [-0.05, 0) is 49.2 Å². The average molecular weight is 897 g/mol. The number of ether oxygens (including phenoxy) is 2. The summed E-state index contributed by atoms with van der Waals surface area (Å²) in [6.07, 6.45) is 3.03. The van der Waals surface area contributed by atoms with E-state index in [2.05, 4.69) is 30.8 Å². The van der Waals surface area contributed by atoms with Gasteiger partial charge in [-0.25, -0.2) is 28.1 Å². The van der Waals surface area contributed by atoms with Crippen molar-refractivity contribution in [1.82, 2.24) is 40.2 Å². The fraction of sp³-hybridized carbons (Fsp3) is 0.304. The number of benzene rings is 2. The van der Waals surface area contributed by atoms with Crippen molar-refractivity contribution in [2.75, 3.05) is 50.2 Å². The van der Waals surface area contributed by atoms with Crippen LogP contribution in [0.15, 0.2) is 73.1 Å². The van der Waals surface area contributed by atoms with Crippen LogP contribution >= 0.6 is 0 Å². The number of halogens is 2. The van der Waals surface area contributed by atoms with Gasteiger partial charge in [0.2, 0.25) is 0 Å². The molecule has 66 heavy (non-hydrogen) atoms. The summed E-state index contributed by atoms with van der Waals surface area (Å²) in [4.78, 5) is 37.9. The van der Waals surface area contributed by atoms with E-state index in [1.807, 2.05) is 21.9 Å². The topological polar surface area (TPSA) is 233 Å². The largest absolute Gasteiger partial charge is 0.389 e. The molecule has 18 nitrogen and oxygen atoms in total. The Morgan fingerprint density at radius 2 is 1.09 bits per heavy atom. The van der Waals surface area contributed by atoms with Crippen LogP contribution in [0, 0.1) is 34.3 Å². The molecule has 4 aliphatic rings. The summed E-state index contributed by atoms with van der Waals surface area (Å²) in [5.41, 5.74) is 3.52. The Morgan fingerprint density at radius 3 is 1.47 bits per heavy atom. The summed E-state index contributed by atoms with van der Waals surface area (Å²) >= 11 is 0. The molecule has 0 bridgehead atoms. The van der Waals surface area contributed by atoms with Gasteiger partial charge < -0.3 is 40.1 Å². The molecule has 10 rings (SSSR count). The predicted octanol–water partition coefficient (Wildman–Crippen LogP) is 3.55. The molecule has 6 aromatic rings. The Hall–Kier alpha value is -7.62. The number of hydrogen-bond acceptors (Lipinski definition) is 14. The lowest BCUT2D eigenvalue weighted by Crippen LogP contribution is -2.47. The number of nitrogens with one attached hydrogen (secondary N) is 2. The first-order chi connectivity index (χ1) is 32.0. The molecule has 2 saturated heterocycles. The predicted molar refractivity (Wildman–Crippen MR) is 233 cm³/mol. The molecule has 336 valence electrons. The van der Waals surface area contributed by atoms with Crippen molar-refractivity contribution >= 4 is 23.5 Å². The highest BCUT2D eigenvalue weighted by atomic mass is 19.1. The average Bonchev–Trinajstić information content (AvgIpc) is 4.16. The van der Waals surface area contributed by atoms with Crippen molar-refractivity contribution in [2.45, 2.75) is 50.3 Å². The monoisotopic (exact) mass is 896 g/mol. The van der Waals surface area contributed by atoms with Crippen LogP contribution < -0.4 is 20.4 Å². The number of pyridine rings is 2. The minimum Gasteiger partial charge on any atom is -0.389 e. The Bertz CT molecular complexity index is 2760. The van der Waals surface area contributed by atoms with Gasteiger partial charge in [-0.3, -0.25) is 9.59 Å². The third kappa shape index (κ3) is 8.07. The van der Waals surface area contributed by atoms with Gasteiger partial charge in [0, 0.05) is 64.9 Å². The smallest absolute Gasteiger partial charge is 0.255 e. The summed E-state index contributed by atoms with van der Waals surface area (Å²) < 4.78 is 43.1. The second-order valence-corrected chi connectivity index (χ2v) is 16.0. The quantitative estimate of drug-likeness (QED) is 0.171. The number of nitrogens with zero attached hydrogens (tertiary/aromatic N) is 10. The van der Waals surface area contributed by atoms with Gasteiger partial charge in [-0.15, -0.1) is 0 Å². The Labute approximate surface area is 376 Å². The molecule has 4 aliphatic heterocycles. The molecule has 2 fully saturated rings. The van der Waals surface area contributed by atoms with Gasteiger partial charge in [-0.1, -0.05) is 12.1 Å². The zero-order valence-corrected chi connectivity index (χ0v) is 35.6. The van der Waals surface area contributed by atoms with Crippen LogP contribution in [0.2, 0.25) is 0 Å². The van der Waals surface area contributed by atoms with Crippen LogP contribution in [0.3, 0.4) is 0 Å². The number of fused-ring (bicyclic) bond motifs is 2. The molecule has 0 saturated carbocycles. The van der Waals surface area contributed by atoms with Crippen molar-refractivity contribution in [3.05, 3.63) is 118 Å². The lowest BCUT2D eigenvalue weighted by molar-refractivity contribution is -0.0218. The second-order valence-electron chi connectivity index (χ2n) is 16.0. The molecule has 8 heterocycles. The third-order valence-corrected chi connectivity index (χ3v) is 12.2. The van der Waals surface area contributed by atoms with E-state index in [4.69, 9.17) is 9.47 Å². The van der Waals surface area contributed by atoms with E-state index in [-0.39, 0.29) is 70.8 Å². The Kier molecular flexibility index (Phi) is 12.0. The zero-order valence-electron chi connectivity index (χ0n) is 35.6. The normalized spacial score (nSPS) is 19.8. The second kappa shape index (κ2) is 18.1. The number of amides is 2. The van der Waals surface area contributed by atoms with Crippen molar-refractivity contribution in [3.8, 4) is 46.0 Å². The number of aromatic nitrogens is 6. The number of piperidine rings is 2. The van der Waals surface area contributed by atoms with Gasteiger partial charge in [0.05, 0.1) is 117 Å². The van der Waals surface area contributed by atoms with Crippen LogP contribution in [0.5, 0.6) is 0 Å². The fourth-order valence-electron chi connectivity index (χ4n) is 8.81. The first-order valence-corrected chi connectivity index (χ1v) is 21.1. The lowest BCUT2D eigenvalue weighted by atomic mass is 10.0. The first kappa shape index (κ1) is 43.6. The number of methoxy groups -OCH3 is 2. The van der Waals surface area contributed by atoms with Crippen molar-refractivity contribution < 1.29 is 38.1 Å².